The molecule has 0 fully saturated rings. The van der Waals surface area contributed by atoms with Crippen LogP contribution < -0.4 is 38.9 Å². The van der Waals surface area contributed by atoms with E-state index in [0.717, 1.165) is 6.42 Å². The molecule has 0 radical (unpaired) electrons. The minimum absolute atomic E-state index is 0.0365. The number of aromatic amines is 1. The number of unbranched alkanes of at least 4 members (excludes halogenated alkanes) is 3. The summed E-state index contributed by atoms with van der Waals surface area (Å²) in [6.07, 6.45) is 7.64. The van der Waals surface area contributed by atoms with Gasteiger partial charge in [-0.1, -0.05) is 6.42 Å². The van der Waals surface area contributed by atoms with Crippen molar-refractivity contribution in [2.24, 2.45) is 22.9 Å². The molecule has 0 spiro atoms. The van der Waals surface area contributed by atoms with Crippen molar-refractivity contribution < 1.29 is 24.3 Å². The number of carbonyl (C=O) groups excluding carboxylic acids is 3. The molecule has 4 unspecified atom stereocenters. The van der Waals surface area contributed by atoms with Crippen LogP contribution in [0.1, 0.15) is 63.5 Å². The first-order valence-electron chi connectivity index (χ1n) is 13.2. The molecule has 0 bridgehead atoms. The number of carbonyl (C=O) groups is 4. The van der Waals surface area contributed by atoms with Crippen molar-refractivity contribution in [3.63, 3.8) is 0 Å². The second-order valence-electron chi connectivity index (χ2n) is 9.26. The van der Waals surface area contributed by atoms with E-state index in [1.165, 1.54) is 12.5 Å². The molecule has 0 aliphatic carbocycles. The fraction of sp³-hybridized carbons (Fsp3) is 0.708. The number of carboxylic acids is 1. The van der Waals surface area contributed by atoms with Crippen LogP contribution in [0.4, 0.5) is 0 Å². The predicted octanol–water partition coefficient (Wildman–Crippen LogP) is -1.79. The Morgan fingerprint density at radius 1 is 0.763 bits per heavy atom. The van der Waals surface area contributed by atoms with Crippen molar-refractivity contribution in [3.8, 4) is 0 Å². The molecule has 0 aliphatic heterocycles. The minimum Gasteiger partial charge on any atom is -0.480 e. The molecule has 14 heteroatoms. The van der Waals surface area contributed by atoms with Gasteiger partial charge in [0.25, 0.3) is 0 Å². The number of rotatable bonds is 21. The number of aliphatic carboxylic acids is 1. The number of nitrogens with two attached hydrogens (primary N) is 4. The Hall–Kier alpha value is -3.07. The highest BCUT2D eigenvalue weighted by Crippen LogP contribution is 2.07. The molecular weight excluding hydrogens is 494 g/mol. The molecule has 1 heterocycles. The van der Waals surface area contributed by atoms with E-state index >= 15 is 0 Å². The molecule has 4 atom stereocenters. The van der Waals surface area contributed by atoms with Gasteiger partial charge in [-0.25, -0.2) is 9.78 Å². The monoisotopic (exact) mass is 539 g/mol. The molecule has 1 aromatic heterocycles. The van der Waals surface area contributed by atoms with Crippen LogP contribution in [-0.2, 0) is 25.6 Å². The van der Waals surface area contributed by atoms with Gasteiger partial charge >= 0.3 is 5.97 Å². The number of H-pyrrole nitrogens is 1. The van der Waals surface area contributed by atoms with E-state index in [9.17, 15) is 24.3 Å². The number of nitrogens with one attached hydrogen (secondary N) is 4. The summed E-state index contributed by atoms with van der Waals surface area (Å²) in [4.78, 5) is 57.6. The summed E-state index contributed by atoms with van der Waals surface area (Å²) in [6.45, 7) is 1.33. The van der Waals surface area contributed by atoms with Gasteiger partial charge in [0.05, 0.1) is 12.4 Å². The number of amides is 3. The zero-order valence-corrected chi connectivity index (χ0v) is 22.0. The Balaban J connectivity index is 2.99. The van der Waals surface area contributed by atoms with E-state index in [0.29, 0.717) is 70.3 Å². The molecular formula is C24H45N9O5. The maximum absolute atomic E-state index is 13.3. The fourth-order valence-electron chi connectivity index (χ4n) is 3.80. The zero-order valence-electron chi connectivity index (χ0n) is 22.0. The summed E-state index contributed by atoms with van der Waals surface area (Å²) >= 11 is 0. The second kappa shape index (κ2) is 19.1. The van der Waals surface area contributed by atoms with E-state index in [1.54, 1.807) is 0 Å². The summed E-state index contributed by atoms with van der Waals surface area (Å²) < 4.78 is 0. The second-order valence-corrected chi connectivity index (χ2v) is 9.26. The average Bonchev–Trinajstić information content (AvgIpc) is 3.40. The number of aromatic nitrogens is 2. The van der Waals surface area contributed by atoms with Gasteiger partial charge in [-0.05, 0) is 71.0 Å². The van der Waals surface area contributed by atoms with Gasteiger partial charge in [0.2, 0.25) is 17.7 Å². The van der Waals surface area contributed by atoms with Crippen molar-refractivity contribution in [2.45, 2.75) is 88.4 Å². The highest BCUT2D eigenvalue weighted by atomic mass is 16.4. The van der Waals surface area contributed by atoms with Gasteiger partial charge < -0.3 is 49.0 Å². The van der Waals surface area contributed by atoms with Gasteiger partial charge in [0.1, 0.15) is 18.1 Å². The van der Waals surface area contributed by atoms with Gasteiger partial charge in [0.15, 0.2) is 0 Å². The first-order valence-corrected chi connectivity index (χ1v) is 13.2. The molecule has 1 aromatic rings. The summed E-state index contributed by atoms with van der Waals surface area (Å²) in [7, 11) is 0. The normalized spacial score (nSPS) is 14.2. The number of hydrogen-bond acceptors (Lipinski definition) is 9. The van der Waals surface area contributed by atoms with Crippen LogP contribution in [0.2, 0.25) is 0 Å². The summed E-state index contributed by atoms with van der Waals surface area (Å²) in [6, 6.07) is -4.01. The van der Waals surface area contributed by atoms with Crippen LogP contribution >= 0.6 is 0 Å². The Kier molecular flexibility index (Phi) is 16.5. The standard InChI is InChI=1S/C24H45N9O5/c25-10-4-1-7-17(28)21(34)31-18(8-2-5-11-26)22(35)33-20(13-16-14-29-15-30-16)23(36)32-19(24(37)38)9-3-6-12-27/h14-15,17-20H,1-13,25-28H2,(H,29,30)(H,31,34)(H,32,36)(H,33,35)(H,37,38). The molecule has 3 amide bonds. The largest absolute Gasteiger partial charge is 0.480 e. The average molecular weight is 540 g/mol. The summed E-state index contributed by atoms with van der Waals surface area (Å²) in [5.41, 5.74) is 23.1. The number of hydrogen-bond donors (Lipinski definition) is 9. The SMILES string of the molecule is NCCCCC(N)C(=O)NC(CCCCN)C(=O)NC(Cc1cnc[nH]1)C(=O)NC(CCCCN)C(=O)O. The van der Waals surface area contributed by atoms with Gasteiger partial charge in [-0.3, -0.25) is 14.4 Å². The van der Waals surface area contributed by atoms with Crippen LogP contribution in [0.3, 0.4) is 0 Å². The Morgan fingerprint density at radius 3 is 1.79 bits per heavy atom. The highest BCUT2D eigenvalue weighted by Gasteiger charge is 2.30. The van der Waals surface area contributed by atoms with E-state index in [2.05, 4.69) is 25.9 Å². The number of nitrogens with zero attached hydrogens (tertiary/aromatic N) is 1. The van der Waals surface area contributed by atoms with Crippen molar-refractivity contribution in [3.05, 3.63) is 18.2 Å². The molecule has 13 N–H and O–H groups in total. The lowest BCUT2D eigenvalue weighted by Crippen LogP contribution is -2.57. The van der Waals surface area contributed by atoms with Crippen LogP contribution in [0.25, 0.3) is 0 Å². The molecule has 216 valence electrons. The van der Waals surface area contributed by atoms with Crippen molar-refractivity contribution in [2.75, 3.05) is 19.6 Å². The quantitative estimate of drug-likeness (QED) is 0.0792. The summed E-state index contributed by atoms with van der Waals surface area (Å²) in [5, 5.41) is 17.4. The summed E-state index contributed by atoms with van der Waals surface area (Å²) in [5.74, 6) is -2.91. The van der Waals surface area contributed by atoms with E-state index < -0.39 is 47.9 Å². The van der Waals surface area contributed by atoms with Crippen LogP contribution in [0, 0.1) is 0 Å². The number of carboxylic acid groups (broad SMARTS) is 1. The molecule has 0 aromatic carbocycles. The maximum atomic E-state index is 13.3. The molecule has 1 rings (SSSR count). The zero-order chi connectivity index (χ0) is 28.3. The third kappa shape index (κ3) is 12.9. The number of imidazole rings is 1. The first kappa shape index (κ1) is 33.0. The lowest BCUT2D eigenvalue weighted by Gasteiger charge is -2.25. The Morgan fingerprint density at radius 2 is 1.26 bits per heavy atom. The first-order chi connectivity index (χ1) is 18.2. The highest BCUT2D eigenvalue weighted by molar-refractivity contribution is 5.94. The van der Waals surface area contributed by atoms with Crippen molar-refractivity contribution in [1.29, 1.82) is 0 Å². The molecule has 14 nitrogen and oxygen atoms in total. The topological polar surface area (TPSA) is 257 Å². The minimum atomic E-state index is -1.18. The van der Waals surface area contributed by atoms with Gasteiger partial charge in [-0.2, -0.15) is 0 Å². The van der Waals surface area contributed by atoms with E-state index in [4.69, 9.17) is 22.9 Å². The Labute approximate surface area is 223 Å². The van der Waals surface area contributed by atoms with Crippen LogP contribution in [0.5, 0.6) is 0 Å². The van der Waals surface area contributed by atoms with Crippen molar-refractivity contribution >= 4 is 23.7 Å². The van der Waals surface area contributed by atoms with Crippen molar-refractivity contribution in [1.82, 2.24) is 25.9 Å². The maximum Gasteiger partial charge on any atom is 0.326 e. The third-order valence-corrected chi connectivity index (χ3v) is 6.06. The Bertz CT molecular complexity index is 837. The van der Waals surface area contributed by atoms with Crippen LogP contribution in [-0.4, -0.2) is 82.6 Å². The van der Waals surface area contributed by atoms with Crippen LogP contribution in [0.15, 0.2) is 12.5 Å². The van der Waals surface area contributed by atoms with E-state index in [1.807, 2.05) is 0 Å². The smallest absolute Gasteiger partial charge is 0.326 e. The molecule has 38 heavy (non-hydrogen) atoms. The molecule has 0 saturated carbocycles. The lowest BCUT2D eigenvalue weighted by molar-refractivity contribution is -0.142. The lowest BCUT2D eigenvalue weighted by atomic mass is 10.0. The van der Waals surface area contributed by atoms with Gasteiger partial charge in [-0.15, -0.1) is 0 Å². The fourth-order valence-corrected chi connectivity index (χ4v) is 3.80. The molecule has 0 saturated heterocycles. The van der Waals surface area contributed by atoms with E-state index in [-0.39, 0.29) is 12.8 Å². The predicted molar refractivity (Wildman–Crippen MR) is 142 cm³/mol. The van der Waals surface area contributed by atoms with Gasteiger partial charge in [0, 0.05) is 18.3 Å². The molecule has 0 aliphatic rings. The third-order valence-electron chi connectivity index (χ3n) is 6.06.